The molecular weight excluding hydrogens is 434 g/mol. The quantitative estimate of drug-likeness (QED) is 0.188. The number of nitrogens with one attached hydrogen (secondary N) is 1. The Bertz CT molecular complexity index is 1290. The van der Waals surface area contributed by atoms with Gasteiger partial charge < -0.3 is 5.32 Å². The first-order valence-electron chi connectivity index (χ1n) is 9.32. The average Bonchev–Trinajstić information content (AvgIpc) is 3.22. The minimum Gasteiger partial charge on any atom is -0.301 e. The standard InChI is InChI=1S/C21H17N5O3S2/c1-12(31-20-16-8-3-4-9-17(16)22-13(2)23-20)19(27)25-21-24-18(11-30-21)14-6-5-7-15(10-14)26(28)29/h3-12H,1-2H3,(H,24,25,27). The normalized spacial score (nSPS) is 11.9. The van der Waals surface area contributed by atoms with Gasteiger partial charge in [0.25, 0.3) is 5.69 Å². The second kappa shape index (κ2) is 8.78. The predicted molar refractivity (Wildman–Crippen MR) is 122 cm³/mol. The minimum absolute atomic E-state index is 0.00604. The number of thioether (sulfide) groups is 1. The number of benzene rings is 2. The van der Waals surface area contributed by atoms with Crippen LogP contribution in [0, 0.1) is 17.0 Å². The van der Waals surface area contributed by atoms with Crippen molar-refractivity contribution < 1.29 is 9.72 Å². The number of para-hydroxylation sites is 1. The molecule has 0 saturated carbocycles. The van der Waals surface area contributed by atoms with E-state index in [9.17, 15) is 14.9 Å². The zero-order valence-corrected chi connectivity index (χ0v) is 18.2. The molecule has 156 valence electrons. The van der Waals surface area contributed by atoms with Gasteiger partial charge >= 0.3 is 0 Å². The number of nitro groups is 1. The van der Waals surface area contributed by atoms with Gasteiger partial charge in [0, 0.05) is 28.5 Å². The zero-order chi connectivity index (χ0) is 22.0. The number of nitrogens with zero attached hydrogens (tertiary/aromatic N) is 4. The number of thiazole rings is 1. The van der Waals surface area contributed by atoms with Crippen LogP contribution in [0.15, 0.2) is 58.9 Å². The second-order valence-electron chi connectivity index (χ2n) is 6.69. The highest BCUT2D eigenvalue weighted by Crippen LogP contribution is 2.31. The molecule has 2 heterocycles. The first-order valence-corrected chi connectivity index (χ1v) is 11.1. The predicted octanol–water partition coefficient (Wildman–Crippen LogP) is 5.09. The number of nitro benzene ring substituents is 1. The Morgan fingerprint density at radius 1 is 1.16 bits per heavy atom. The number of fused-ring (bicyclic) bond motifs is 1. The lowest BCUT2D eigenvalue weighted by Crippen LogP contribution is -2.22. The molecular formula is C21H17N5O3S2. The lowest BCUT2D eigenvalue weighted by atomic mass is 10.1. The molecule has 1 N–H and O–H groups in total. The third-order valence-electron chi connectivity index (χ3n) is 4.42. The molecule has 0 aliphatic rings. The minimum atomic E-state index is -0.448. The van der Waals surface area contributed by atoms with E-state index >= 15 is 0 Å². The number of carbonyl (C=O) groups excluding carboxylic acids is 1. The summed E-state index contributed by atoms with van der Waals surface area (Å²) in [6, 6.07) is 13.9. The van der Waals surface area contributed by atoms with Crippen LogP contribution in [-0.2, 0) is 4.79 Å². The number of anilines is 1. The maximum absolute atomic E-state index is 12.7. The van der Waals surface area contributed by atoms with Crippen molar-refractivity contribution in [2.45, 2.75) is 24.1 Å². The van der Waals surface area contributed by atoms with Crippen molar-refractivity contribution in [2.75, 3.05) is 5.32 Å². The number of aromatic nitrogens is 3. The van der Waals surface area contributed by atoms with E-state index in [-0.39, 0.29) is 11.6 Å². The van der Waals surface area contributed by atoms with Crippen LogP contribution >= 0.6 is 23.1 Å². The number of amides is 1. The highest BCUT2D eigenvalue weighted by Gasteiger charge is 2.19. The van der Waals surface area contributed by atoms with E-state index in [4.69, 9.17) is 0 Å². The Morgan fingerprint density at radius 2 is 1.97 bits per heavy atom. The molecule has 0 aliphatic carbocycles. The molecule has 0 radical (unpaired) electrons. The number of rotatable bonds is 6. The number of carbonyl (C=O) groups is 1. The molecule has 0 spiro atoms. The molecule has 8 nitrogen and oxygen atoms in total. The maximum atomic E-state index is 12.7. The topological polar surface area (TPSA) is 111 Å². The van der Waals surface area contributed by atoms with E-state index in [1.807, 2.05) is 31.2 Å². The largest absolute Gasteiger partial charge is 0.301 e. The summed E-state index contributed by atoms with van der Waals surface area (Å²) >= 11 is 2.63. The fourth-order valence-corrected chi connectivity index (χ4v) is 4.63. The van der Waals surface area contributed by atoms with Gasteiger partial charge in [0.15, 0.2) is 5.13 Å². The van der Waals surface area contributed by atoms with Crippen molar-refractivity contribution in [3.63, 3.8) is 0 Å². The smallest absolute Gasteiger partial charge is 0.270 e. The molecule has 2 aromatic carbocycles. The lowest BCUT2D eigenvalue weighted by molar-refractivity contribution is -0.384. The van der Waals surface area contributed by atoms with E-state index in [1.54, 1.807) is 24.4 Å². The van der Waals surface area contributed by atoms with Crippen molar-refractivity contribution in [3.05, 3.63) is 69.8 Å². The fraction of sp³-hybridized carbons (Fsp3) is 0.143. The molecule has 4 aromatic rings. The van der Waals surface area contributed by atoms with Crippen LogP contribution in [-0.4, -0.2) is 31.0 Å². The number of non-ortho nitro benzene ring substituents is 1. The fourth-order valence-electron chi connectivity index (χ4n) is 2.92. The Kier molecular flexibility index (Phi) is 5.92. The number of hydrogen-bond donors (Lipinski definition) is 1. The van der Waals surface area contributed by atoms with Crippen molar-refractivity contribution in [2.24, 2.45) is 0 Å². The molecule has 0 aliphatic heterocycles. The summed E-state index contributed by atoms with van der Waals surface area (Å²) in [5.41, 5.74) is 2.03. The van der Waals surface area contributed by atoms with Crippen LogP contribution in [0.4, 0.5) is 10.8 Å². The SMILES string of the molecule is Cc1nc(SC(C)C(=O)Nc2nc(-c3cccc([N+](=O)[O-])c3)cs2)c2ccccc2n1. The molecule has 1 atom stereocenters. The van der Waals surface area contributed by atoms with Crippen LogP contribution in [0.25, 0.3) is 22.2 Å². The molecule has 0 fully saturated rings. The molecule has 10 heteroatoms. The molecule has 0 bridgehead atoms. The van der Waals surface area contributed by atoms with Crippen molar-refractivity contribution in [1.82, 2.24) is 15.0 Å². The van der Waals surface area contributed by atoms with E-state index in [0.717, 1.165) is 15.9 Å². The van der Waals surface area contributed by atoms with E-state index in [2.05, 4.69) is 20.3 Å². The summed E-state index contributed by atoms with van der Waals surface area (Å²) in [5.74, 6) is 0.445. The Morgan fingerprint density at radius 3 is 2.77 bits per heavy atom. The van der Waals surface area contributed by atoms with Crippen molar-refractivity contribution >= 4 is 50.7 Å². The van der Waals surface area contributed by atoms with Gasteiger partial charge in [-0.05, 0) is 19.9 Å². The lowest BCUT2D eigenvalue weighted by Gasteiger charge is -2.12. The molecule has 0 saturated heterocycles. The summed E-state index contributed by atoms with van der Waals surface area (Å²) < 4.78 is 0. The first kappa shape index (κ1) is 20.9. The third-order valence-corrected chi connectivity index (χ3v) is 6.28. The summed E-state index contributed by atoms with van der Waals surface area (Å²) in [6.07, 6.45) is 0. The Labute approximate surface area is 185 Å². The highest BCUT2D eigenvalue weighted by atomic mass is 32.2. The van der Waals surface area contributed by atoms with Crippen LogP contribution < -0.4 is 5.32 Å². The van der Waals surface area contributed by atoms with E-state index in [0.29, 0.717) is 22.2 Å². The Balaban J connectivity index is 1.48. The molecule has 1 amide bonds. The Hall–Kier alpha value is -3.37. The van der Waals surface area contributed by atoms with Gasteiger partial charge in [0.1, 0.15) is 10.9 Å². The monoisotopic (exact) mass is 451 g/mol. The molecule has 4 rings (SSSR count). The van der Waals surface area contributed by atoms with E-state index in [1.165, 1.54) is 35.2 Å². The number of aryl methyl sites for hydroxylation is 1. The summed E-state index contributed by atoms with van der Waals surface area (Å²) in [4.78, 5) is 36.6. The van der Waals surface area contributed by atoms with Gasteiger partial charge in [-0.2, -0.15) is 0 Å². The van der Waals surface area contributed by atoms with Crippen LogP contribution in [0.1, 0.15) is 12.7 Å². The van der Waals surface area contributed by atoms with Gasteiger partial charge in [-0.3, -0.25) is 14.9 Å². The summed E-state index contributed by atoms with van der Waals surface area (Å²) in [7, 11) is 0. The summed E-state index contributed by atoms with van der Waals surface area (Å²) in [5, 5.41) is 17.2. The van der Waals surface area contributed by atoms with Crippen molar-refractivity contribution in [3.8, 4) is 11.3 Å². The van der Waals surface area contributed by atoms with Crippen LogP contribution in [0.5, 0.6) is 0 Å². The third kappa shape index (κ3) is 4.70. The molecule has 31 heavy (non-hydrogen) atoms. The first-order chi connectivity index (χ1) is 14.9. The number of hydrogen-bond acceptors (Lipinski definition) is 8. The second-order valence-corrected chi connectivity index (χ2v) is 8.88. The van der Waals surface area contributed by atoms with E-state index < -0.39 is 10.2 Å². The molecule has 1 unspecified atom stereocenters. The van der Waals surface area contributed by atoms with Gasteiger partial charge in [-0.25, -0.2) is 15.0 Å². The van der Waals surface area contributed by atoms with Gasteiger partial charge in [0.05, 0.1) is 21.4 Å². The molecule has 2 aromatic heterocycles. The maximum Gasteiger partial charge on any atom is 0.270 e. The average molecular weight is 452 g/mol. The zero-order valence-electron chi connectivity index (χ0n) is 16.6. The van der Waals surface area contributed by atoms with Gasteiger partial charge in [-0.1, -0.05) is 42.1 Å². The van der Waals surface area contributed by atoms with Gasteiger partial charge in [0.2, 0.25) is 5.91 Å². The highest BCUT2D eigenvalue weighted by molar-refractivity contribution is 8.00. The van der Waals surface area contributed by atoms with Crippen LogP contribution in [0.2, 0.25) is 0 Å². The van der Waals surface area contributed by atoms with Gasteiger partial charge in [-0.15, -0.1) is 11.3 Å². The van der Waals surface area contributed by atoms with Crippen LogP contribution in [0.3, 0.4) is 0 Å². The van der Waals surface area contributed by atoms with Crippen molar-refractivity contribution in [1.29, 1.82) is 0 Å². The summed E-state index contributed by atoms with van der Waals surface area (Å²) in [6.45, 7) is 3.63.